The van der Waals surface area contributed by atoms with Gasteiger partial charge in [-0.3, -0.25) is 4.68 Å². The van der Waals surface area contributed by atoms with Crippen molar-refractivity contribution in [3.63, 3.8) is 0 Å². The van der Waals surface area contributed by atoms with Crippen LogP contribution >= 0.6 is 12.2 Å². The van der Waals surface area contributed by atoms with Gasteiger partial charge in [0.2, 0.25) is 4.77 Å². The molecule has 0 unspecified atom stereocenters. The van der Waals surface area contributed by atoms with E-state index in [2.05, 4.69) is 20.4 Å². The number of nitrogens with zero attached hydrogens (tertiary/aromatic N) is 5. The van der Waals surface area contributed by atoms with Gasteiger partial charge in [0, 0.05) is 11.3 Å². The Balaban J connectivity index is 1.97. The third kappa shape index (κ3) is 3.45. The fourth-order valence-corrected chi connectivity index (χ4v) is 4.76. The number of nitrogens with one attached hydrogen (secondary N) is 1. The van der Waals surface area contributed by atoms with Crippen LogP contribution in [0.4, 0.5) is 13.2 Å². The molecular weight excluding hydrogens is 393 g/mol. The van der Waals surface area contributed by atoms with Crippen molar-refractivity contribution >= 4 is 28.3 Å². The van der Waals surface area contributed by atoms with Gasteiger partial charge in [0.15, 0.2) is 9.84 Å². The molecule has 13 heteroatoms. The fraction of sp³-hybridized carbons (Fsp3) is 0.538. The highest BCUT2D eigenvalue weighted by Gasteiger charge is 2.37. The van der Waals surface area contributed by atoms with Gasteiger partial charge < -0.3 is 0 Å². The molecule has 2 aromatic rings. The SMILES string of the molecule is Cc1nn([C@H]2CCS(=O)(=O)C2)c(C)c1C=Nn1c(C(F)(F)F)n[nH]c1=S. The Hall–Kier alpha value is -2.02. The van der Waals surface area contributed by atoms with Crippen molar-refractivity contribution < 1.29 is 21.6 Å². The van der Waals surface area contributed by atoms with Crippen LogP contribution in [0.5, 0.6) is 0 Å². The fourth-order valence-electron chi connectivity index (χ4n) is 2.88. The highest BCUT2D eigenvalue weighted by Crippen LogP contribution is 2.28. The highest BCUT2D eigenvalue weighted by atomic mass is 32.2. The zero-order chi connectivity index (χ0) is 19.3. The van der Waals surface area contributed by atoms with Crippen LogP contribution in [0.3, 0.4) is 0 Å². The Morgan fingerprint density at radius 3 is 2.65 bits per heavy atom. The van der Waals surface area contributed by atoms with Crippen LogP contribution in [0, 0.1) is 18.6 Å². The molecule has 0 saturated carbocycles. The van der Waals surface area contributed by atoms with Crippen LogP contribution < -0.4 is 0 Å². The van der Waals surface area contributed by atoms with Crippen LogP contribution in [-0.2, 0) is 16.0 Å². The standard InChI is InChI=1S/C13H15F3N6O2S2/c1-7-10(5-17-22-11(13(14,15)16)18-19-12(22)25)8(2)21(20-7)9-3-4-26(23,24)6-9/h5,9H,3-4,6H2,1-2H3,(H,19,25)/t9-/m0/s1. The average molecular weight is 408 g/mol. The van der Waals surface area contributed by atoms with Crippen molar-refractivity contribution in [3.05, 3.63) is 27.5 Å². The zero-order valence-corrected chi connectivity index (χ0v) is 15.4. The summed E-state index contributed by atoms with van der Waals surface area (Å²) in [6.45, 7) is 3.39. The van der Waals surface area contributed by atoms with E-state index in [1.54, 1.807) is 18.5 Å². The second-order valence-electron chi connectivity index (χ2n) is 5.99. The third-order valence-electron chi connectivity index (χ3n) is 4.14. The first kappa shape index (κ1) is 18.8. The van der Waals surface area contributed by atoms with Crippen LogP contribution in [0.1, 0.15) is 35.2 Å². The second kappa shape index (κ2) is 6.30. The smallest absolute Gasteiger partial charge is 0.265 e. The summed E-state index contributed by atoms with van der Waals surface area (Å²) in [6.07, 6.45) is -3.04. The van der Waals surface area contributed by atoms with Crippen LogP contribution in [0.2, 0.25) is 0 Å². The molecule has 0 spiro atoms. The number of sulfone groups is 1. The Bertz CT molecular complexity index is 1030. The molecule has 0 radical (unpaired) electrons. The molecule has 1 aliphatic rings. The van der Waals surface area contributed by atoms with Crippen LogP contribution in [-0.4, -0.2) is 50.8 Å². The molecule has 8 nitrogen and oxygen atoms in total. The number of aromatic amines is 1. The van der Waals surface area contributed by atoms with E-state index < -0.39 is 21.8 Å². The molecule has 1 aliphatic heterocycles. The maximum atomic E-state index is 12.9. The number of hydrogen-bond donors (Lipinski definition) is 1. The summed E-state index contributed by atoms with van der Waals surface area (Å²) in [5.74, 6) is -1.17. The van der Waals surface area contributed by atoms with Crippen molar-refractivity contribution in [2.75, 3.05) is 11.5 Å². The molecule has 3 rings (SSSR count). The predicted octanol–water partition coefficient (Wildman–Crippen LogP) is 2.01. The molecule has 0 aliphatic carbocycles. The molecule has 26 heavy (non-hydrogen) atoms. The topological polar surface area (TPSA) is 97.9 Å². The van der Waals surface area contributed by atoms with E-state index in [1.807, 2.05) is 0 Å². The summed E-state index contributed by atoms with van der Waals surface area (Å²) in [5.41, 5.74) is 1.65. The van der Waals surface area contributed by atoms with E-state index >= 15 is 0 Å². The second-order valence-corrected chi connectivity index (χ2v) is 8.61. The van der Waals surface area contributed by atoms with Gasteiger partial charge in [-0.1, -0.05) is 0 Å². The van der Waals surface area contributed by atoms with Gasteiger partial charge in [-0.25, -0.2) is 13.5 Å². The molecule has 1 N–H and O–H groups in total. The maximum absolute atomic E-state index is 12.9. The van der Waals surface area contributed by atoms with Gasteiger partial charge in [-0.2, -0.15) is 28.0 Å². The minimum Gasteiger partial charge on any atom is -0.265 e. The van der Waals surface area contributed by atoms with E-state index in [0.717, 1.165) is 0 Å². The maximum Gasteiger partial charge on any atom is 0.453 e. The first-order chi connectivity index (χ1) is 12.0. The van der Waals surface area contributed by atoms with Crippen molar-refractivity contribution in [2.45, 2.75) is 32.5 Å². The quantitative estimate of drug-likeness (QED) is 0.619. The van der Waals surface area contributed by atoms with Crippen molar-refractivity contribution in [2.24, 2.45) is 5.10 Å². The van der Waals surface area contributed by atoms with Crippen LogP contribution in [0.15, 0.2) is 5.10 Å². The summed E-state index contributed by atoms with van der Waals surface area (Å²) in [6, 6.07) is -0.289. The summed E-state index contributed by atoms with van der Waals surface area (Å²) < 4.78 is 63.9. The van der Waals surface area contributed by atoms with E-state index in [-0.39, 0.29) is 22.3 Å². The van der Waals surface area contributed by atoms with E-state index in [4.69, 9.17) is 12.2 Å². The number of aromatic nitrogens is 5. The van der Waals surface area contributed by atoms with Crippen molar-refractivity contribution in [3.8, 4) is 0 Å². The number of rotatable bonds is 3. The molecule has 1 atom stereocenters. The van der Waals surface area contributed by atoms with E-state index in [0.29, 0.717) is 28.0 Å². The monoisotopic (exact) mass is 408 g/mol. The minimum atomic E-state index is -4.71. The van der Waals surface area contributed by atoms with Gasteiger partial charge in [-0.05, 0) is 32.5 Å². The number of alkyl halides is 3. The van der Waals surface area contributed by atoms with Crippen LogP contribution in [0.25, 0.3) is 0 Å². The van der Waals surface area contributed by atoms with Crippen molar-refractivity contribution in [1.82, 2.24) is 24.7 Å². The van der Waals surface area contributed by atoms with Gasteiger partial charge in [0.05, 0.1) is 29.5 Å². The van der Waals surface area contributed by atoms with Crippen molar-refractivity contribution in [1.29, 1.82) is 0 Å². The molecule has 1 fully saturated rings. The van der Waals surface area contributed by atoms with E-state index in [9.17, 15) is 21.6 Å². The first-order valence-corrected chi connectivity index (χ1v) is 9.77. The van der Waals surface area contributed by atoms with E-state index in [1.165, 1.54) is 6.21 Å². The Labute approximate surface area is 151 Å². The number of hydrogen-bond acceptors (Lipinski definition) is 6. The Morgan fingerprint density at radius 2 is 2.08 bits per heavy atom. The molecule has 0 aromatic carbocycles. The summed E-state index contributed by atoms with van der Waals surface area (Å²) in [4.78, 5) is 0. The number of H-pyrrole nitrogens is 1. The number of halogens is 3. The molecule has 2 aromatic heterocycles. The number of aryl methyl sites for hydroxylation is 1. The summed E-state index contributed by atoms with van der Waals surface area (Å²) >= 11 is 4.78. The third-order valence-corrected chi connectivity index (χ3v) is 6.16. The summed E-state index contributed by atoms with van der Waals surface area (Å²) in [7, 11) is -3.09. The molecular formula is C13H15F3N6O2S2. The Kier molecular flexibility index (Phi) is 4.55. The van der Waals surface area contributed by atoms with Gasteiger partial charge in [-0.15, -0.1) is 5.10 Å². The lowest BCUT2D eigenvalue weighted by Crippen LogP contribution is -2.14. The summed E-state index contributed by atoms with van der Waals surface area (Å²) in [5, 5.41) is 13.3. The normalized spacial score (nSPS) is 20.3. The highest BCUT2D eigenvalue weighted by molar-refractivity contribution is 7.91. The molecule has 1 saturated heterocycles. The van der Waals surface area contributed by atoms with Gasteiger partial charge in [0.25, 0.3) is 5.82 Å². The molecule has 142 valence electrons. The largest absolute Gasteiger partial charge is 0.453 e. The lowest BCUT2D eigenvalue weighted by Gasteiger charge is -2.10. The lowest BCUT2D eigenvalue weighted by atomic mass is 10.2. The average Bonchev–Trinajstić information content (AvgIpc) is 3.14. The Morgan fingerprint density at radius 1 is 1.38 bits per heavy atom. The predicted molar refractivity (Wildman–Crippen MR) is 89.4 cm³/mol. The molecule has 0 bridgehead atoms. The minimum absolute atomic E-state index is 0.00342. The van der Waals surface area contributed by atoms with Gasteiger partial charge >= 0.3 is 6.18 Å². The van der Waals surface area contributed by atoms with Gasteiger partial charge in [0.1, 0.15) is 0 Å². The first-order valence-electron chi connectivity index (χ1n) is 7.54. The lowest BCUT2D eigenvalue weighted by molar-refractivity contribution is -0.147. The molecule has 0 amide bonds. The zero-order valence-electron chi connectivity index (χ0n) is 13.8. The molecule has 3 heterocycles.